The van der Waals surface area contributed by atoms with Crippen molar-refractivity contribution in [3.8, 4) is 6.07 Å². The molecular formula is C19H16FN3O2. The van der Waals surface area contributed by atoms with E-state index in [0.29, 0.717) is 16.8 Å². The average molecular weight is 337 g/mol. The van der Waals surface area contributed by atoms with E-state index in [-0.39, 0.29) is 24.1 Å². The molecule has 1 aliphatic rings. The number of carbonyl (C=O) groups is 2. The van der Waals surface area contributed by atoms with Gasteiger partial charge in [0.25, 0.3) is 0 Å². The van der Waals surface area contributed by atoms with Gasteiger partial charge in [-0.05, 0) is 35.9 Å². The van der Waals surface area contributed by atoms with Gasteiger partial charge in [0.05, 0.1) is 23.6 Å². The summed E-state index contributed by atoms with van der Waals surface area (Å²) >= 11 is 0. The van der Waals surface area contributed by atoms with E-state index in [9.17, 15) is 14.0 Å². The normalized spacial score (nSPS) is 19.6. The lowest BCUT2D eigenvalue weighted by atomic mass is 9.92. The van der Waals surface area contributed by atoms with Gasteiger partial charge in [-0.2, -0.15) is 5.26 Å². The third-order valence-corrected chi connectivity index (χ3v) is 4.39. The summed E-state index contributed by atoms with van der Waals surface area (Å²) in [4.78, 5) is 26.3. The smallest absolute Gasteiger partial charge is 0.230 e. The molecule has 0 aromatic heterocycles. The second-order valence-corrected chi connectivity index (χ2v) is 5.99. The van der Waals surface area contributed by atoms with Crippen LogP contribution in [0.15, 0.2) is 48.5 Å². The molecular weight excluding hydrogens is 321 g/mol. The van der Waals surface area contributed by atoms with E-state index in [1.165, 1.54) is 17.0 Å². The fourth-order valence-electron chi connectivity index (χ4n) is 3.12. The zero-order chi connectivity index (χ0) is 18.0. The first kappa shape index (κ1) is 16.7. The van der Waals surface area contributed by atoms with Gasteiger partial charge in [-0.25, -0.2) is 4.39 Å². The second-order valence-electron chi connectivity index (χ2n) is 5.99. The minimum Gasteiger partial charge on any atom is -0.338 e. The Hall–Kier alpha value is -3.20. The van der Waals surface area contributed by atoms with Gasteiger partial charge in [-0.15, -0.1) is 0 Å². The van der Waals surface area contributed by atoms with Gasteiger partial charge in [0, 0.05) is 19.2 Å². The maximum atomic E-state index is 13.2. The lowest BCUT2D eigenvalue weighted by Gasteiger charge is -2.25. The number of anilines is 1. The molecule has 6 heteroatoms. The lowest BCUT2D eigenvalue weighted by molar-refractivity contribution is -0.127. The van der Waals surface area contributed by atoms with Crippen LogP contribution in [0.1, 0.15) is 23.6 Å². The summed E-state index contributed by atoms with van der Waals surface area (Å²) in [6.07, 6.45) is 0.0856. The van der Waals surface area contributed by atoms with Crippen LogP contribution in [0.4, 0.5) is 10.1 Å². The molecule has 0 saturated carbocycles. The Balaban J connectivity index is 1.85. The van der Waals surface area contributed by atoms with Crippen molar-refractivity contribution in [3.05, 3.63) is 65.5 Å². The number of carbonyl (C=O) groups excluding carboxylic acids is 2. The summed E-state index contributed by atoms with van der Waals surface area (Å²) in [5.41, 5.74) is 1.65. The molecule has 0 aliphatic carbocycles. The van der Waals surface area contributed by atoms with Crippen LogP contribution in [-0.4, -0.2) is 23.8 Å². The number of nitrogens with zero attached hydrogens (tertiary/aromatic N) is 2. The number of hydrogen-bond donors (Lipinski definition) is 1. The van der Waals surface area contributed by atoms with Crippen LogP contribution in [0.3, 0.4) is 0 Å². The van der Waals surface area contributed by atoms with Crippen LogP contribution in [0, 0.1) is 23.1 Å². The maximum absolute atomic E-state index is 13.2. The molecule has 3 rings (SSSR count). The highest BCUT2D eigenvalue weighted by molar-refractivity contribution is 5.98. The molecule has 1 aliphatic heterocycles. The highest BCUT2D eigenvalue weighted by Gasteiger charge is 2.42. The molecule has 1 fully saturated rings. The zero-order valence-electron chi connectivity index (χ0n) is 13.6. The third-order valence-electron chi connectivity index (χ3n) is 4.39. The summed E-state index contributed by atoms with van der Waals surface area (Å²) in [6, 6.07) is 14.0. The molecule has 2 aromatic carbocycles. The first-order chi connectivity index (χ1) is 12.0. The molecule has 0 radical (unpaired) electrons. The van der Waals surface area contributed by atoms with Crippen LogP contribution >= 0.6 is 0 Å². The number of amides is 2. The number of halogens is 1. The zero-order valence-corrected chi connectivity index (χ0v) is 13.6. The number of benzene rings is 2. The van der Waals surface area contributed by atoms with Crippen molar-refractivity contribution < 1.29 is 14.0 Å². The first-order valence-corrected chi connectivity index (χ1v) is 7.82. The quantitative estimate of drug-likeness (QED) is 0.936. The predicted molar refractivity (Wildman–Crippen MR) is 89.8 cm³/mol. The summed E-state index contributed by atoms with van der Waals surface area (Å²) in [7, 11) is 1.64. The Morgan fingerprint density at radius 2 is 2.00 bits per heavy atom. The molecule has 2 atom stereocenters. The molecule has 2 aromatic rings. The Bertz CT molecular complexity index is 858. The van der Waals surface area contributed by atoms with Crippen molar-refractivity contribution in [1.82, 2.24) is 4.90 Å². The Morgan fingerprint density at radius 3 is 2.68 bits per heavy atom. The summed E-state index contributed by atoms with van der Waals surface area (Å²) < 4.78 is 13.2. The van der Waals surface area contributed by atoms with Gasteiger partial charge in [-0.1, -0.05) is 18.2 Å². The van der Waals surface area contributed by atoms with Crippen LogP contribution in [-0.2, 0) is 9.59 Å². The summed E-state index contributed by atoms with van der Waals surface area (Å²) in [6.45, 7) is 0. The van der Waals surface area contributed by atoms with Crippen LogP contribution < -0.4 is 5.32 Å². The number of rotatable bonds is 3. The second kappa shape index (κ2) is 6.73. The predicted octanol–water partition coefficient (Wildman–Crippen LogP) is 2.86. The third kappa shape index (κ3) is 3.36. The van der Waals surface area contributed by atoms with Crippen LogP contribution in [0.5, 0.6) is 0 Å². The Morgan fingerprint density at radius 1 is 1.28 bits per heavy atom. The van der Waals surface area contributed by atoms with E-state index < -0.39 is 12.0 Å². The molecule has 0 spiro atoms. The first-order valence-electron chi connectivity index (χ1n) is 7.82. The van der Waals surface area contributed by atoms with E-state index in [2.05, 4.69) is 5.32 Å². The van der Waals surface area contributed by atoms with Crippen molar-refractivity contribution in [3.63, 3.8) is 0 Å². The highest BCUT2D eigenvalue weighted by atomic mass is 19.1. The number of hydrogen-bond acceptors (Lipinski definition) is 3. The lowest BCUT2D eigenvalue weighted by Crippen LogP contribution is -2.30. The van der Waals surface area contributed by atoms with Gasteiger partial charge in [-0.3, -0.25) is 9.59 Å². The molecule has 2 amide bonds. The van der Waals surface area contributed by atoms with Gasteiger partial charge in [0.15, 0.2) is 0 Å². The summed E-state index contributed by atoms with van der Waals surface area (Å²) in [5.74, 6) is -1.40. The maximum Gasteiger partial charge on any atom is 0.230 e. The van der Waals surface area contributed by atoms with E-state index in [4.69, 9.17) is 5.26 Å². The van der Waals surface area contributed by atoms with E-state index in [0.717, 1.165) is 0 Å². The molecule has 25 heavy (non-hydrogen) atoms. The van der Waals surface area contributed by atoms with Crippen LogP contribution in [0.25, 0.3) is 0 Å². The minimum absolute atomic E-state index is 0.0856. The van der Waals surface area contributed by atoms with Crippen molar-refractivity contribution in [2.75, 3.05) is 12.4 Å². The number of nitrogens with one attached hydrogen (secondary N) is 1. The molecule has 5 nitrogen and oxygen atoms in total. The molecule has 1 N–H and O–H groups in total. The van der Waals surface area contributed by atoms with Crippen molar-refractivity contribution in [1.29, 1.82) is 5.26 Å². The minimum atomic E-state index is -0.589. The topological polar surface area (TPSA) is 73.2 Å². The van der Waals surface area contributed by atoms with Crippen LogP contribution in [0.2, 0.25) is 0 Å². The average Bonchev–Trinajstić information content (AvgIpc) is 2.91. The van der Waals surface area contributed by atoms with Crippen molar-refractivity contribution >= 4 is 17.5 Å². The van der Waals surface area contributed by atoms with Gasteiger partial charge >= 0.3 is 0 Å². The van der Waals surface area contributed by atoms with Crippen molar-refractivity contribution in [2.24, 2.45) is 5.92 Å². The Kier molecular flexibility index (Phi) is 4.48. The summed E-state index contributed by atoms with van der Waals surface area (Å²) in [5, 5.41) is 11.7. The number of likely N-dealkylation sites (tertiary alicyclic amines) is 1. The van der Waals surface area contributed by atoms with E-state index in [1.54, 1.807) is 43.4 Å². The van der Waals surface area contributed by atoms with E-state index in [1.807, 2.05) is 6.07 Å². The SMILES string of the molecule is CN1C(=O)CC(C(=O)Nc2cccc(C#N)c2)C1c1ccc(F)cc1. The Labute approximate surface area is 144 Å². The molecule has 0 bridgehead atoms. The largest absolute Gasteiger partial charge is 0.338 e. The standard InChI is InChI=1S/C19H16FN3O2/c1-23-17(24)10-16(18(23)13-5-7-14(20)8-6-13)19(25)22-15-4-2-3-12(9-15)11-21/h2-9,16,18H,10H2,1H3,(H,22,25). The molecule has 1 saturated heterocycles. The fraction of sp³-hybridized carbons (Fsp3) is 0.211. The highest BCUT2D eigenvalue weighted by Crippen LogP contribution is 2.37. The molecule has 2 unspecified atom stereocenters. The monoisotopic (exact) mass is 337 g/mol. The van der Waals surface area contributed by atoms with Gasteiger partial charge < -0.3 is 10.2 Å². The van der Waals surface area contributed by atoms with Gasteiger partial charge in [0.2, 0.25) is 11.8 Å². The van der Waals surface area contributed by atoms with E-state index >= 15 is 0 Å². The molecule has 126 valence electrons. The number of nitriles is 1. The van der Waals surface area contributed by atoms with Crippen molar-refractivity contribution in [2.45, 2.75) is 12.5 Å². The molecule has 1 heterocycles. The fourth-order valence-corrected chi connectivity index (χ4v) is 3.12. The van der Waals surface area contributed by atoms with Gasteiger partial charge in [0.1, 0.15) is 5.82 Å².